The molecule has 1 unspecified atom stereocenters. The van der Waals surface area contributed by atoms with Gasteiger partial charge in [0.15, 0.2) is 6.29 Å². The molecule has 1 aliphatic heterocycles. The van der Waals surface area contributed by atoms with Gasteiger partial charge < -0.3 is 30.3 Å². The summed E-state index contributed by atoms with van der Waals surface area (Å²) in [4.78, 5) is 0. The summed E-state index contributed by atoms with van der Waals surface area (Å²) in [6.07, 6.45) is -2.84. The molecular weight excluding hydrogens is 460 g/mol. The number of rotatable bonds is 5. The molecule has 1 fully saturated rings. The van der Waals surface area contributed by atoms with Crippen molar-refractivity contribution in [2.75, 3.05) is 0 Å². The zero-order valence-corrected chi connectivity index (χ0v) is 25.1. The molecule has 0 saturated carbocycles. The highest BCUT2D eigenvalue weighted by Crippen LogP contribution is 2.56. The molecule has 0 radical (unpaired) electrons. The van der Waals surface area contributed by atoms with Gasteiger partial charge in [-0.15, -0.1) is 12.4 Å². The Bertz CT molecular complexity index is 597. The van der Waals surface area contributed by atoms with E-state index in [1.54, 1.807) is 0 Å². The summed E-state index contributed by atoms with van der Waals surface area (Å²) in [5, 5.41) is 53.4. The van der Waals surface area contributed by atoms with Crippen LogP contribution in [-0.2, 0) is 4.74 Å². The fourth-order valence-corrected chi connectivity index (χ4v) is 17.8. The van der Waals surface area contributed by atoms with Crippen LogP contribution in [0.5, 0.6) is 0 Å². The van der Waals surface area contributed by atoms with Gasteiger partial charge in [-0.25, -0.2) is 0 Å². The summed E-state index contributed by atoms with van der Waals surface area (Å²) >= 11 is 0. The summed E-state index contributed by atoms with van der Waals surface area (Å²) in [5.74, 6) is 0. The average molecular weight is 505 g/mol. The summed E-state index contributed by atoms with van der Waals surface area (Å²) in [7, 11) is -10.4. The SMILES string of the molecule is C[Si](C)(C)C(O)[C@H]1O[C@H](O)[C@@](O)([Si](C)(C)C)[C@](O)([Si](C)(C)C)[C@@]1(O)[Si](C)(C)C.Cl. The maximum Gasteiger partial charge on any atom is 0.183 e. The third-order valence-electron chi connectivity index (χ3n) is 6.69. The highest BCUT2D eigenvalue weighted by atomic mass is 35.5. The first-order valence-electron chi connectivity index (χ1n) is 10.1. The lowest BCUT2D eigenvalue weighted by Gasteiger charge is -2.70. The number of aliphatic hydroxyl groups excluding tert-OH is 2. The Labute approximate surface area is 187 Å². The van der Waals surface area contributed by atoms with Gasteiger partial charge in [0.25, 0.3) is 0 Å². The van der Waals surface area contributed by atoms with Gasteiger partial charge in [0.1, 0.15) is 21.8 Å². The summed E-state index contributed by atoms with van der Waals surface area (Å²) in [6, 6.07) is 0. The van der Waals surface area contributed by atoms with Gasteiger partial charge >= 0.3 is 0 Å². The lowest BCUT2D eigenvalue weighted by molar-refractivity contribution is -0.340. The van der Waals surface area contributed by atoms with Crippen LogP contribution < -0.4 is 0 Å². The fraction of sp³-hybridized carbons (Fsp3) is 1.00. The molecule has 1 heterocycles. The van der Waals surface area contributed by atoms with Crippen molar-refractivity contribution >= 4 is 44.7 Å². The Hall–Kier alpha value is 0.918. The minimum absolute atomic E-state index is 0. The quantitative estimate of drug-likeness (QED) is 0.367. The van der Waals surface area contributed by atoms with E-state index in [0.29, 0.717) is 0 Å². The highest BCUT2D eigenvalue weighted by Gasteiger charge is 2.81. The molecule has 0 aromatic heterocycles. The second-order valence-electron chi connectivity index (χ2n) is 12.7. The van der Waals surface area contributed by atoms with Crippen LogP contribution in [0, 0.1) is 0 Å². The molecule has 29 heavy (non-hydrogen) atoms. The molecule has 0 bridgehead atoms. The van der Waals surface area contributed by atoms with E-state index in [0.717, 1.165) is 0 Å². The Morgan fingerprint density at radius 3 is 1.28 bits per heavy atom. The van der Waals surface area contributed by atoms with E-state index in [1.165, 1.54) is 0 Å². The topological polar surface area (TPSA) is 110 Å². The minimum atomic E-state index is -2.77. The maximum atomic E-state index is 12.5. The van der Waals surface area contributed by atoms with E-state index in [9.17, 15) is 25.5 Å². The normalized spacial score (nSPS) is 38.4. The second-order valence-corrected chi connectivity index (χ2v) is 33.8. The number of hydrogen-bond acceptors (Lipinski definition) is 6. The first-order valence-corrected chi connectivity index (χ1v) is 24.2. The molecule has 6 atom stereocenters. The predicted molar refractivity (Wildman–Crippen MR) is 132 cm³/mol. The molecule has 11 heteroatoms. The lowest BCUT2D eigenvalue weighted by Crippen LogP contribution is -2.96. The van der Waals surface area contributed by atoms with Gasteiger partial charge in [-0.2, -0.15) is 0 Å². The van der Waals surface area contributed by atoms with Gasteiger partial charge in [0.05, 0.1) is 38.0 Å². The van der Waals surface area contributed by atoms with Gasteiger partial charge in [-0.3, -0.25) is 0 Å². The first-order chi connectivity index (χ1) is 11.9. The van der Waals surface area contributed by atoms with E-state index in [1.807, 2.05) is 78.6 Å². The van der Waals surface area contributed by atoms with Crippen LogP contribution in [0.1, 0.15) is 0 Å². The van der Waals surface area contributed by atoms with Gasteiger partial charge in [0.2, 0.25) is 0 Å². The van der Waals surface area contributed by atoms with Crippen LogP contribution in [0.15, 0.2) is 0 Å². The van der Waals surface area contributed by atoms with Crippen molar-refractivity contribution in [1.82, 2.24) is 0 Å². The summed E-state index contributed by atoms with van der Waals surface area (Å²) in [5.41, 5.74) is -1.01. The van der Waals surface area contributed by atoms with Crippen molar-refractivity contribution in [2.45, 2.75) is 112 Å². The largest absolute Gasteiger partial charge is 0.394 e. The monoisotopic (exact) mass is 504 g/mol. The molecule has 0 amide bonds. The van der Waals surface area contributed by atoms with Gasteiger partial charge in [-0.1, -0.05) is 78.6 Å². The van der Waals surface area contributed by atoms with Crippen LogP contribution in [0.25, 0.3) is 0 Å². The summed E-state index contributed by atoms with van der Waals surface area (Å²) in [6.45, 7) is 23.0. The predicted octanol–water partition coefficient (Wildman–Crippen LogP) is 2.19. The standard InChI is InChI=1S/C18H44O6Si4.ClH/c1-25(2,3)14(19)13-16(21,26(4,5)6)18(23,28(10,11)12)17(22,15(20)24-13)27(7,8)9;/h13-15,19-23H,1-12H3;1H/t13-,14?,15+,16+,17-,18-;/m1./s1. The zero-order chi connectivity index (χ0) is 22.9. The van der Waals surface area contributed by atoms with Crippen molar-refractivity contribution in [2.24, 2.45) is 0 Å². The molecule has 5 N–H and O–H groups in total. The average Bonchev–Trinajstić information content (AvgIpc) is 2.43. The van der Waals surface area contributed by atoms with Gasteiger partial charge in [-0.05, 0) is 0 Å². The number of halogens is 1. The van der Waals surface area contributed by atoms with Crippen molar-refractivity contribution in [3.63, 3.8) is 0 Å². The van der Waals surface area contributed by atoms with E-state index < -0.39 is 66.1 Å². The Morgan fingerprint density at radius 1 is 0.690 bits per heavy atom. The van der Waals surface area contributed by atoms with Crippen LogP contribution in [0.2, 0.25) is 78.6 Å². The number of hydrogen-bond donors (Lipinski definition) is 5. The van der Waals surface area contributed by atoms with Crippen molar-refractivity contribution in [3.05, 3.63) is 0 Å². The Kier molecular flexibility index (Phi) is 8.30. The van der Waals surface area contributed by atoms with Gasteiger partial charge in [0, 0.05) is 0 Å². The summed E-state index contributed by atoms with van der Waals surface area (Å²) < 4.78 is 5.92. The van der Waals surface area contributed by atoms with E-state index >= 15 is 0 Å². The van der Waals surface area contributed by atoms with Crippen LogP contribution in [0.3, 0.4) is 0 Å². The van der Waals surface area contributed by atoms with Crippen molar-refractivity contribution in [1.29, 1.82) is 0 Å². The molecule has 1 saturated heterocycles. The smallest absolute Gasteiger partial charge is 0.183 e. The highest BCUT2D eigenvalue weighted by molar-refractivity contribution is 6.89. The molecule has 0 aromatic carbocycles. The van der Waals surface area contributed by atoms with Crippen molar-refractivity contribution in [3.8, 4) is 0 Å². The molecular formula is C18H45ClO6Si4. The van der Waals surface area contributed by atoms with Crippen molar-refractivity contribution < 1.29 is 30.3 Å². The van der Waals surface area contributed by atoms with E-state index in [4.69, 9.17) is 4.74 Å². The van der Waals surface area contributed by atoms with E-state index in [-0.39, 0.29) is 12.4 Å². The van der Waals surface area contributed by atoms with E-state index in [2.05, 4.69) is 0 Å². The second kappa shape index (κ2) is 8.05. The molecule has 6 nitrogen and oxygen atoms in total. The van der Waals surface area contributed by atoms with Crippen LogP contribution in [-0.4, -0.2) is 91.6 Å². The molecule has 176 valence electrons. The molecule has 1 aliphatic rings. The number of aliphatic hydroxyl groups is 5. The fourth-order valence-electron chi connectivity index (χ4n) is 4.79. The third kappa shape index (κ3) is 4.05. The van der Waals surface area contributed by atoms with Crippen LogP contribution in [0.4, 0.5) is 0 Å². The lowest BCUT2D eigenvalue weighted by atomic mass is 9.95. The Morgan fingerprint density at radius 2 is 1.03 bits per heavy atom. The molecule has 0 spiro atoms. The third-order valence-corrected chi connectivity index (χ3v) is 18.0. The minimum Gasteiger partial charge on any atom is -0.394 e. The maximum absolute atomic E-state index is 12.5. The zero-order valence-electron chi connectivity index (χ0n) is 20.3. The Balaban J connectivity index is 0.00000784. The van der Waals surface area contributed by atoms with Crippen LogP contribution >= 0.6 is 12.4 Å². The molecule has 0 aromatic rings. The number of ether oxygens (including phenoxy) is 1. The first kappa shape index (κ1) is 29.9. The molecule has 1 rings (SSSR count). The molecule has 0 aliphatic carbocycles.